The van der Waals surface area contributed by atoms with Gasteiger partial charge in [0.05, 0.1) is 12.4 Å². The van der Waals surface area contributed by atoms with Gasteiger partial charge in [0.1, 0.15) is 11.5 Å². The highest BCUT2D eigenvalue weighted by Crippen LogP contribution is 2.26. The number of hydrogen-bond donors (Lipinski definition) is 1. The second kappa shape index (κ2) is 5.84. The van der Waals surface area contributed by atoms with Crippen molar-refractivity contribution in [2.24, 2.45) is 0 Å². The Morgan fingerprint density at radius 1 is 1.25 bits per heavy atom. The zero-order valence-electron chi connectivity index (χ0n) is 11.2. The molecule has 4 heteroatoms. The average molecular weight is 267 g/mol. The zero-order valence-corrected chi connectivity index (χ0v) is 11.2. The third-order valence-electron chi connectivity index (χ3n) is 3.43. The summed E-state index contributed by atoms with van der Waals surface area (Å²) in [4.78, 5) is 8.27. The lowest BCUT2D eigenvalue weighted by atomic mass is 10.0. The summed E-state index contributed by atoms with van der Waals surface area (Å²) in [5.41, 5.74) is 2.09. The SMILES string of the molecule is C=C(c1cncc(Oc2cccnc2)c1)[C@H]1CCCN1. The zero-order chi connectivity index (χ0) is 13.8. The van der Waals surface area contributed by atoms with E-state index in [0.29, 0.717) is 17.5 Å². The predicted octanol–water partition coefficient (Wildman–Crippen LogP) is 3.03. The largest absolute Gasteiger partial charge is 0.454 e. The molecule has 1 fully saturated rings. The van der Waals surface area contributed by atoms with E-state index < -0.39 is 0 Å². The first-order valence-electron chi connectivity index (χ1n) is 6.78. The van der Waals surface area contributed by atoms with E-state index in [1.165, 1.54) is 6.42 Å². The summed E-state index contributed by atoms with van der Waals surface area (Å²) in [6.45, 7) is 5.24. The third-order valence-corrected chi connectivity index (χ3v) is 3.43. The summed E-state index contributed by atoms with van der Waals surface area (Å²) < 4.78 is 5.75. The van der Waals surface area contributed by atoms with Gasteiger partial charge in [-0.3, -0.25) is 9.97 Å². The van der Waals surface area contributed by atoms with E-state index in [1.54, 1.807) is 18.6 Å². The van der Waals surface area contributed by atoms with E-state index >= 15 is 0 Å². The van der Waals surface area contributed by atoms with Gasteiger partial charge in [0, 0.05) is 24.0 Å². The first-order chi connectivity index (χ1) is 9.83. The number of nitrogens with zero attached hydrogens (tertiary/aromatic N) is 2. The Labute approximate surface area is 118 Å². The maximum Gasteiger partial charge on any atom is 0.146 e. The van der Waals surface area contributed by atoms with Crippen molar-refractivity contribution in [3.63, 3.8) is 0 Å². The molecule has 1 atom stereocenters. The smallest absolute Gasteiger partial charge is 0.146 e. The molecule has 0 saturated carbocycles. The van der Waals surface area contributed by atoms with Gasteiger partial charge in [-0.15, -0.1) is 0 Å². The molecule has 0 radical (unpaired) electrons. The van der Waals surface area contributed by atoms with Gasteiger partial charge in [-0.1, -0.05) is 6.58 Å². The van der Waals surface area contributed by atoms with Crippen molar-refractivity contribution in [1.82, 2.24) is 15.3 Å². The standard InChI is InChI=1S/C16H17N3O/c1-12(16-5-3-7-19-16)13-8-15(11-18-9-13)20-14-4-2-6-17-10-14/h2,4,6,8-11,16,19H,1,3,5,7H2/t16-/m1/s1. The van der Waals surface area contributed by atoms with Crippen LogP contribution in [0.2, 0.25) is 0 Å². The van der Waals surface area contributed by atoms with Gasteiger partial charge < -0.3 is 10.1 Å². The summed E-state index contributed by atoms with van der Waals surface area (Å²) in [7, 11) is 0. The molecular formula is C16H17N3O. The molecule has 0 unspecified atom stereocenters. The van der Waals surface area contributed by atoms with Crippen LogP contribution in [0.1, 0.15) is 18.4 Å². The molecule has 3 heterocycles. The minimum Gasteiger partial charge on any atom is -0.454 e. The van der Waals surface area contributed by atoms with Crippen LogP contribution < -0.4 is 10.1 Å². The maximum atomic E-state index is 5.75. The van der Waals surface area contributed by atoms with Crippen LogP contribution in [0, 0.1) is 0 Å². The maximum absolute atomic E-state index is 5.75. The number of ether oxygens (including phenoxy) is 1. The molecule has 0 bridgehead atoms. The lowest BCUT2D eigenvalue weighted by Crippen LogP contribution is -2.22. The number of pyridine rings is 2. The summed E-state index contributed by atoms with van der Waals surface area (Å²) in [5, 5.41) is 3.45. The number of hydrogen-bond acceptors (Lipinski definition) is 4. The van der Waals surface area contributed by atoms with Gasteiger partial charge in [-0.2, -0.15) is 0 Å². The molecule has 1 aliphatic heterocycles. The predicted molar refractivity (Wildman–Crippen MR) is 78.6 cm³/mol. The van der Waals surface area contributed by atoms with Crippen LogP contribution >= 0.6 is 0 Å². The Hall–Kier alpha value is -2.20. The van der Waals surface area contributed by atoms with Gasteiger partial charge in [0.25, 0.3) is 0 Å². The van der Waals surface area contributed by atoms with Crippen LogP contribution in [0.25, 0.3) is 5.57 Å². The Bertz CT molecular complexity index is 592. The van der Waals surface area contributed by atoms with E-state index in [1.807, 2.05) is 24.4 Å². The van der Waals surface area contributed by atoms with E-state index in [4.69, 9.17) is 4.74 Å². The lowest BCUT2D eigenvalue weighted by Gasteiger charge is -2.14. The minimum atomic E-state index is 0.352. The van der Waals surface area contributed by atoms with Crippen LogP contribution in [-0.2, 0) is 0 Å². The van der Waals surface area contributed by atoms with Crippen LogP contribution in [0.4, 0.5) is 0 Å². The van der Waals surface area contributed by atoms with Gasteiger partial charge >= 0.3 is 0 Å². The lowest BCUT2D eigenvalue weighted by molar-refractivity contribution is 0.477. The summed E-state index contributed by atoms with van der Waals surface area (Å²) in [5.74, 6) is 1.41. The fourth-order valence-corrected chi connectivity index (χ4v) is 2.38. The molecule has 0 aliphatic carbocycles. The van der Waals surface area contributed by atoms with Crippen molar-refractivity contribution in [1.29, 1.82) is 0 Å². The van der Waals surface area contributed by atoms with E-state index in [-0.39, 0.29) is 0 Å². The van der Waals surface area contributed by atoms with Crippen molar-refractivity contribution < 1.29 is 4.74 Å². The van der Waals surface area contributed by atoms with Crippen molar-refractivity contribution >= 4 is 5.57 Å². The first-order valence-corrected chi connectivity index (χ1v) is 6.78. The van der Waals surface area contributed by atoms with Gasteiger partial charge in [-0.25, -0.2) is 0 Å². The van der Waals surface area contributed by atoms with Gasteiger partial charge in [0.15, 0.2) is 0 Å². The van der Waals surface area contributed by atoms with Crippen molar-refractivity contribution in [3.05, 3.63) is 55.1 Å². The van der Waals surface area contributed by atoms with E-state index in [2.05, 4.69) is 21.9 Å². The molecule has 2 aromatic heterocycles. The fourth-order valence-electron chi connectivity index (χ4n) is 2.38. The normalized spacial score (nSPS) is 17.9. The second-order valence-electron chi connectivity index (χ2n) is 4.87. The highest BCUT2D eigenvalue weighted by Gasteiger charge is 2.18. The number of rotatable bonds is 4. The molecule has 0 spiro atoms. The minimum absolute atomic E-state index is 0.352. The molecule has 102 valence electrons. The molecule has 0 aromatic carbocycles. The number of aromatic nitrogens is 2. The van der Waals surface area contributed by atoms with Crippen LogP contribution in [0.5, 0.6) is 11.5 Å². The van der Waals surface area contributed by atoms with Crippen molar-refractivity contribution in [3.8, 4) is 11.5 Å². The molecule has 20 heavy (non-hydrogen) atoms. The Morgan fingerprint density at radius 3 is 2.90 bits per heavy atom. The molecule has 0 amide bonds. The first kappa shape index (κ1) is 12.8. The van der Waals surface area contributed by atoms with Crippen LogP contribution in [-0.4, -0.2) is 22.6 Å². The molecule has 3 rings (SSSR count). The molecule has 1 aliphatic rings. The van der Waals surface area contributed by atoms with Crippen molar-refractivity contribution in [2.75, 3.05) is 6.54 Å². The van der Waals surface area contributed by atoms with E-state index in [0.717, 1.165) is 24.1 Å². The second-order valence-corrected chi connectivity index (χ2v) is 4.87. The van der Waals surface area contributed by atoms with Crippen LogP contribution in [0.3, 0.4) is 0 Å². The monoisotopic (exact) mass is 267 g/mol. The Balaban J connectivity index is 1.77. The average Bonchev–Trinajstić information content (AvgIpc) is 3.02. The highest BCUT2D eigenvalue weighted by molar-refractivity contribution is 5.68. The summed E-state index contributed by atoms with van der Waals surface area (Å²) >= 11 is 0. The molecular weight excluding hydrogens is 250 g/mol. The Morgan fingerprint density at radius 2 is 2.15 bits per heavy atom. The number of nitrogens with one attached hydrogen (secondary N) is 1. The quantitative estimate of drug-likeness (QED) is 0.925. The molecule has 1 N–H and O–H groups in total. The van der Waals surface area contributed by atoms with Gasteiger partial charge in [-0.05, 0) is 43.2 Å². The van der Waals surface area contributed by atoms with Gasteiger partial charge in [0.2, 0.25) is 0 Å². The van der Waals surface area contributed by atoms with E-state index in [9.17, 15) is 0 Å². The highest BCUT2D eigenvalue weighted by atomic mass is 16.5. The summed E-state index contributed by atoms with van der Waals surface area (Å²) in [6.07, 6.45) is 9.26. The molecule has 2 aromatic rings. The third kappa shape index (κ3) is 2.86. The Kier molecular flexibility index (Phi) is 3.74. The van der Waals surface area contributed by atoms with Crippen LogP contribution in [0.15, 0.2) is 49.6 Å². The van der Waals surface area contributed by atoms with Crippen molar-refractivity contribution in [2.45, 2.75) is 18.9 Å². The molecule has 4 nitrogen and oxygen atoms in total. The molecule has 1 saturated heterocycles. The summed E-state index contributed by atoms with van der Waals surface area (Å²) in [6, 6.07) is 6.04. The topological polar surface area (TPSA) is 47.0 Å². The fraction of sp³-hybridized carbons (Fsp3) is 0.250.